The second kappa shape index (κ2) is 12.7. The van der Waals surface area contributed by atoms with Gasteiger partial charge in [-0.1, -0.05) is 58.0 Å². The number of fused-ring (bicyclic) bond motifs is 2. The Hall–Kier alpha value is -1.04. The maximum absolute atomic E-state index is 5.84. The zero-order chi connectivity index (χ0) is 18.6. The predicted molar refractivity (Wildman–Crippen MR) is 119 cm³/mol. The van der Waals surface area contributed by atoms with Crippen LogP contribution in [0, 0.1) is 0 Å². The van der Waals surface area contributed by atoms with Crippen LogP contribution in [0.4, 0.5) is 0 Å². The number of allylic oxidation sites excluding steroid dienone is 6. The van der Waals surface area contributed by atoms with E-state index in [-0.39, 0.29) is 51.0 Å². The normalized spacial score (nSPS) is 13.6. The maximum atomic E-state index is 5.84. The van der Waals surface area contributed by atoms with E-state index in [4.69, 9.17) is 4.42 Å². The molecule has 30 heavy (non-hydrogen) atoms. The third-order valence-corrected chi connectivity index (χ3v) is 6.22. The Bertz CT molecular complexity index is 1050. The van der Waals surface area contributed by atoms with E-state index in [1.165, 1.54) is 41.8 Å². The molecule has 0 atom stereocenters. The Morgan fingerprint density at radius 3 is 2.53 bits per heavy atom. The monoisotopic (exact) mass is 531 g/mol. The van der Waals surface area contributed by atoms with Crippen molar-refractivity contribution in [3.05, 3.63) is 89.5 Å². The van der Waals surface area contributed by atoms with E-state index in [1.54, 1.807) is 5.29 Å². The summed E-state index contributed by atoms with van der Waals surface area (Å²) in [5.74, 6) is 2.05. The molecule has 1 aliphatic heterocycles. The summed E-state index contributed by atoms with van der Waals surface area (Å²) in [7, 11) is 1.43. The number of furan rings is 1. The molecule has 2 heterocycles. The van der Waals surface area contributed by atoms with E-state index >= 15 is 0 Å². The van der Waals surface area contributed by atoms with Gasteiger partial charge in [-0.2, -0.15) is 0 Å². The van der Waals surface area contributed by atoms with Crippen molar-refractivity contribution in [1.29, 1.82) is 0 Å². The van der Waals surface area contributed by atoms with E-state index < -0.39 is 0 Å². The molecule has 2 aromatic carbocycles. The maximum Gasteiger partial charge on any atom is 3.00 e. The number of halogens is 2. The average molecular weight is 534 g/mol. The molecule has 1 aromatic heterocycles. The summed E-state index contributed by atoms with van der Waals surface area (Å²) in [6, 6.07) is 16.9. The van der Waals surface area contributed by atoms with Gasteiger partial charge in [0.25, 0.3) is 0 Å². The third-order valence-electron chi connectivity index (χ3n) is 4.83. The molecule has 5 heteroatoms. The van der Waals surface area contributed by atoms with Gasteiger partial charge in [-0.3, -0.25) is 0 Å². The molecule has 0 bridgehead atoms. The van der Waals surface area contributed by atoms with Crippen LogP contribution in [0.15, 0.2) is 88.1 Å². The standard InChI is InChI=1S/C16H15O.C9H9P.2ClH.Zr/c1-2-5-15-8-9-16(17-15)14-10-12-6-3-4-7-13(12)11-14;1-2-8-6-7-4-3-5-9(7)10-8;;;/h3-4,6-11H,2,5H2,1H3;3-6H,2H2,1H3;2*1H;/q-1;;;;+3/p-2. The Morgan fingerprint density at radius 2 is 1.83 bits per heavy atom. The molecular formula is C25H24Cl2OPZr. The Kier molecular flexibility index (Phi) is 11.5. The molecular weight excluding hydrogens is 509 g/mol. The zero-order valence-electron chi connectivity index (χ0n) is 17.2. The van der Waals surface area contributed by atoms with Crippen molar-refractivity contribution in [3.63, 3.8) is 0 Å². The average Bonchev–Trinajstić information content (AvgIpc) is 3.44. The first kappa shape index (κ1) is 27.0. The Balaban J connectivity index is 0.000000302. The summed E-state index contributed by atoms with van der Waals surface area (Å²) < 4.78 is 5.84. The van der Waals surface area contributed by atoms with Crippen molar-refractivity contribution >= 4 is 24.3 Å². The number of hydrogen-bond acceptors (Lipinski definition) is 1. The van der Waals surface area contributed by atoms with Gasteiger partial charge in [0.1, 0.15) is 0 Å². The van der Waals surface area contributed by atoms with E-state index in [0.717, 1.165) is 24.4 Å². The fraction of sp³-hybridized carbons (Fsp3) is 0.200. The first-order valence-corrected chi connectivity index (χ1v) is 10.6. The molecule has 0 N–H and O–H groups in total. The van der Waals surface area contributed by atoms with Crippen LogP contribution in [0.25, 0.3) is 22.1 Å². The number of rotatable bonds is 4. The quantitative estimate of drug-likeness (QED) is 0.368. The molecule has 3 aromatic rings. The molecule has 5 rings (SSSR count). The summed E-state index contributed by atoms with van der Waals surface area (Å²) in [6.07, 6.45) is 12.1. The fourth-order valence-corrected chi connectivity index (χ4v) is 4.50. The number of hydrogen-bond donors (Lipinski definition) is 0. The van der Waals surface area contributed by atoms with Gasteiger partial charge >= 0.3 is 26.2 Å². The second-order valence-electron chi connectivity index (χ2n) is 6.86. The molecule has 0 spiro atoms. The van der Waals surface area contributed by atoms with Crippen LogP contribution >= 0.6 is 8.20 Å². The first-order valence-electron chi connectivity index (χ1n) is 9.69. The summed E-state index contributed by atoms with van der Waals surface area (Å²) in [6.45, 7) is 4.38. The van der Waals surface area contributed by atoms with Crippen molar-refractivity contribution < 1.29 is 55.4 Å². The minimum Gasteiger partial charge on any atom is -1.00 e. The molecule has 1 nitrogen and oxygen atoms in total. The van der Waals surface area contributed by atoms with Crippen LogP contribution in [0.1, 0.15) is 32.4 Å². The van der Waals surface area contributed by atoms with Crippen molar-refractivity contribution in [3.8, 4) is 11.3 Å². The van der Waals surface area contributed by atoms with Gasteiger partial charge in [-0.15, -0.1) is 29.0 Å². The first-order chi connectivity index (χ1) is 13.3. The minimum atomic E-state index is 0. The Labute approximate surface area is 212 Å². The molecule has 1 aliphatic carbocycles. The Morgan fingerprint density at radius 1 is 1.03 bits per heavy atom. The fourth-order valence-electron chi connectivity index (χ4n) is 3.40. The van der Waals surface area contributed by atoms with Gasteiger partial charge in [0.05, 0.1) is 11.5 Å². The van der Waals surface area contributed by atoms with Crippen LogP contribution in [0.5, 0.6) is 0 Å². The topological polar surface area (TPSA) is 13.1 Å². The van der Waals surface area contributed by atoms with E-state index in [9.17, 15) is 0 Å². The van der Waals surface area contributed by atoms with Crippen LogP contribution in [0.3, 0.4) is 0 Å². The smallest absolute Gasteiger partial charge is 1.00 e. The molecule has 0 saturated carbocycles. The van der Waals surface area contributed by atoms with E-state index in [1.807, 2.05) is 0 Å². The van der Waals surface area contributed by atoms with Gasteiger partial charge < -0.3 is 29.2 Å². The molecule has 0 saturated heterocycles. The van der Waals surface area contributed by atoms with Gasteiger partial charge in [0.15, 0.2) is 0 Å². The van der Waals surface area contributed by atoms with Crippen molar-refractivity contribution in [2.24, 2.45) is 0 Å². The van der Waals surface area contributed by atoms with Crippen LogP contribution in [-0.2, 0) is 32.6 Å². The second-order valence-corrected chi connectivity index (χ2v) is 8.14. The van der Waals surface area contributed by atoms with Crippen LogP contribution in [-0.4, -0.2) is 5.29 Å². The molecule has 0 amide bonds. The third kappa shape index (κ3) is 6.24. The number of benzene rings is 1. The SMILES string of the molecule is CCC1=PC2=CC=CC2=C1.CCCc1ccc(-c2cc3ccccc3[cH-]2)o1.[Cl-].[Cl-].[Zr+3]. The zero-order valence-corrected chi connectivity index (χ0v) is 22.0. The van der Waals surface area contributed by atoms with Crippen molar-refractivity contribution in [2.75, 3.05) is 0 Å². The number of aryl methyl sites for hydroxylation is 1. The minimum absolute atomic E-state index is 0. The van der Waals surface area contributed by atoms with Gasteiger partial charge in [0, 0.05) is 11.7 Å². The van der Waals surface area contributed by atoms with Gasteiger partial charge in [0.2, 0.25) is 0 Å². The summed E-state index contributed by atoms with van der Waals surface area (Å²) in [4.78, 5) is 0. The van der Waals surface area contributed by atoms with E-state index in [0.29, 0.717) is 0 Å². The molecule has 153 valence electrons. The van der Waals surface area contributed by atoms with Gasteiger partial charge in [-0.25, -0.2) is 0 Å². The van der Waals surface area contributed by atoms with Crippen LogP contribution in [0.2, 0.25) is 0 Å². The summed E-state index contributed by atoms with van der Waals surface area (Å²) >= 11 is 0. The predicted octanol–water partition coefficient (Wildman–Crippen LogP) is 1.69. The van der Waals surface area contributed by atoms with Crippen molar-refractivity contribution in [2.45, 2.75) is 33.1 Å². The molecule has 1 radical (unpaired) electrons. The van der Waals surface area contributed by atoms with E-state index in [2.05, 4.69) is 86.7 Å². The molecule has 0 fully saturated rings. The summed E-state index contributed by atoms with van der Waals surface area (Å²) in [5, 5.41) is 5.58. The molecule has 0 unspecified atom stereocenters. The summed E-state index contributed by atoms with van der Waals surface area (Å²) in [5.41, 5.74) is 2.60. The van der Waals surface area contributed by atoms with Crippen LogP contribution < -0.4 is 24.8 Å². The van der Waals surface area contributed by atoms with Crippen molar-refractivity contribution in [1.82, 2.24) is 0 Å². The largest absolute Gasteiger partial charge is 3.00 e. The molecule has 2 aliphatic rings. The van der Waals surface area contributed by atoms with Gasteiger partial charge in [-0.05, 0) is 48.0 Å².